The maximum Gasteiger partial charge on any atom is 0.256 e. The van der Waals surface area contributed by atoms with Gasteiger partial charge in [0, 0.05) is 61.1 Å². The smallest absolute Gasteiger partial charge is 0.256 e. The molecule has 4 aromatic rings. The van der Waals surface area contributed by atoms with Crippen molar-refractivity contribution in [1.29, 1.82) is 0 Å². The highest BCUT2D eigenvalue weighted by Gasteiger charge is 2.53. The quantitative estimate of drug-likeness (QED) is 0.299. The molecule has 2 aliphatic heterocycles. The second-order valence-electron chi connectivity index (χ2n) is 12.0. The molecular weight excluding hydrogens is 543 g/mol. The van der Waals surface area contributed by atoms with Gasteiger partial charge in [0.1, 0.15) is 34.5 Å². The van der Waals surface area contributed by atoms with Gasteiger partial charge < -0.3 is 16.0 Å². The van der Waals surface area contributed by atoms with Crippen molar-refractivity contribution < 1.29 is 9.18 Å². The molecule has 220 valence electrons. The third-order valence-electron chi connectivity index (χ3n) is 9.12. The standard InChI is InChI=1S/C33H35FN8O/c1-2-3-14-41-21-33(10-11-33)20-26(41)31-39-28(29-30(35)37-13-17-42(29)31)24-8-7-22(18-25(24)34)32(43)38-27-19-23(9-12-36-27)40-15-5-4-6-16-40/h7-9,12-13,17-19,26H,4-6,10-11,14-16,20-21H2,1H3,(H2,35,37)(H,36,38,43)/t26-/m0/s1. The first-order valence-electron chi connectivity index (χ1n) is 15.0. The minimum atomic E-state index is -0.559. The average molecular weight is 579 g/mol. The molecule has 1 aliphatic carbocycles. The highest BCUT2D eigenvalue weighted by molar-refractivity contribution is 6.04. The van der Waals surface area contributed by atoms with E-state index in [1.807, 2.05) is 29.7 Å². The number of nitrogens with zero attached hydrogens (tertiary/aromatic N) is 6. The largest absolute Gasteiger partial charge is 0.382 e. The minimum Gasteiger partial charge on any atom is -0.382 e. The number of nitrogen functional groups attached to an aromatic ring is 1. The summed E-state index contributed by atoms with van der Waals surface area (Å²) in [5.41, 5.74) is 9.13. The third kappa shape index (κ3) is 5.19. The van der Waals surface area contributed by atoms with Gasteiger partial charge in [-0.15, -0.1) is 5.92 Å². The van der Waals surface area contributed by atoms with Crippen molar-refractivity contribution in [1.82, 2.24) is 24.3 Å². The zero-order valence-corrected chi connectivity index (χ0v) is 24.3. The van der Waals surface area contributed by atoms with Gasteiger partial charge in [0.2, 0.25) is 0 Å². The van der Waals surface area contributed by atoms with Crippen LogP contribution in [0.5, 0.6) is 0 Å². The van der Waals surface area contributed by atoms with E-state index in [0.717, 1.165) is 50.4 Å². The second-order valence-corrected chi connectivity index (χ2v) is 12.0. The minimum absolute atomic E-state index is 0.0349. The normalized spacial score (nSPS) is 19.4. The molecule has 2 saturated heterocycles. The fourth-order valence-corrected chi connectivity index (χ4v) is 6.67. The Morgan fingerprint density at radius 2 is 1.98 bits per heavy atom. The van der Waals surface area contributed by atoms with Crippen molar-refractivity contribution in [2.75, 3.05) is 42.1 Å². The Bertz CT molecular complexity index is 1760. The van der Waals surface area contributed by atoms with E-state index in [4.69, 9.17) is 10.7 Å². The number of hydrogen-bond acceptors (Lipinski definition) is 7. The molecule has 3 aromatic heterocycles. The molecule has 10 heteroatoms. The van der Waals surface area contributed by atoms with Crippen molar-refractivity contribution in [3.8, 4) is 23.1 Å². The van der Waals surface area contributed by atoms with Crippen molar-refractivity contribution >= 4 is 28.7 Å². The maximum absolute atomic E-state index is 15.8. The molecule has 43 heavy (non-hydrogen) atoms. The van der Waals surface area contributed by atoms with Crippen LogP contribution in [-0.2, 0) is 0 Å². The summed E-state index contributed by atoms with van der Waals surface area (Å²) >= 11 is 0. The summed E-state index contributed by atoms with van der Waals surface area (Å²) in [6.45, 7) is 5.46. The number of carbonyl (C=O) groups excluding carboxylic acids is 1. The number of carbonyl (C=O) groups is 1. The van der Waals surface area contributed by atoms with Gasteiger partial charge in [-0.1, -0.05) is 5.92 Å². The first-order valence-corrected chi connectivity index (χ1v) is 15.0. The Morgan fingerprint density at radius 1 is 1.14 bits per heavy atom. The molecule has 0 radical (unpaired) electrons. The molecule has 1 spiro atoms. The van der Waals surface area contributed by atoms with Crippen LogP contribution in [-0.4, -0.2) is 56.3 Å². The van der Waals surface area contributed by atoms with Gasteiger partial charge in [0.05, 0.1) is 12.6 Å². The highest BCUT2D eigenvalue weighted by atomic mass is 19.1. The number of imidazole rings is 1. The van der Waals surface area contributed by atoms with Crippen LogP contribution >= 0.6 is 0 Å². The third-order valence-corrected chi connectivity index (χ3v) is 9.12. The number of nitrogens with one attached hydrogen (secondary N) is 1. The molecule has 1 atom stereocenters. The van der Waals surface area contributed by atoms with E-state index in [1.165, 1.54) is 25.3 Å². The number of benzene rings is 1. The number of pyridine rings is 1. The van der Waals surface area contributed by atoms with Crippen LogP contribution in [0.15, 0.2) is 48.9 Å². The van der Waals surface area contributed by atoms with Crippen LogP contribution in [0.1, 0.15) is 67.7 Å². The molecular formula is C33H35FN8O. The second kappa shape index (κ2) is 11.0. The summed E-state index contributed by atoms with van der Waals surface area (Å²) < 4.78 is 17.8. The number of likely N-dealkylation sites (tertiary alicyclic amines) is 1. The summed E-state index contributed by atoms with van der Waals surface area (Å²) in [5, 5.41) is 2.83. The molecule has 0 unspecified atom stereocenters. The Hall–Kier alpha value is -4.49. The number of nitrogens with two attached hydrogens (primary N) is 1. The number of rotatable bonds is 6. The van der Waals surface area contributed by atoms with Gasteiger partial charge in [-0.05, 0) is 75.1 Å². The summed E-state index contributed by atoms with van der Waals surface area (Å²) in [4.78, 5) is 31.4. The predicted molar refractivity (Wildman–Crippen MR) is 165 cm³/mol. The van der Waals surface area contributed by atoms with Gasteiger partial charge >= 0.3 is 0 Å². The van der Waals surface area contributed by atoms with E-state index in [-0.39, 0.29) is 23.0 Å². The fraction of sp³-hybridized carbons (Fsp3) is 0.394. The van der Waals surface area contributed by atoms with E-state index in [2.05, 4.69) is 36.9 Å². The van der Waals surface area contributed by atoms with Gasteiger partial charge in [0.15, 0.2) is 0 Å². The number of amides is 1. The van der Waals surface area contributed by atoms with Crippen molar-refractivity contribution in [3.63, 3.8) is 0 Å². The van der Waals surface area contributed by atoms with Crippen molar-refractivity contribution in [3.05, 3.63) is 66.1 Å². The molecule has 5 heterocycles. The van der Waals surface area contributed by atoms with Gasteiger partial charge in [-0.3, -0.25) is 14.1 Å². The Morgan fingerprint density at radius 3 is 2.74 bits per heavy atom. The summed E-state index contributed by atoms with van der Waals surface area (Å²) in [6.07, 6.45) is 12.1. The van der Waals surface area contributed by atoms with E-state index in [1.54, 1.807) is 24.5 Å². The first-order chi connectivity index (χ1) is 20.9. The summed E-state index contributed by atoms with van der Waals surface area (Å²) in [7, 11) is 0. The molecule has 1 aromatic carbocycles. The molecule has 3 fully saturated rings. The Labute approximate surface area is 250 Å². The monoisotopic (exact) mass is 578 g/mol. The molecule has 7 rings (SSSR count). The van der Waals surface area contributed by atoms with E-state index in [9.17, 15) is 4.79 Å². The Kier molecular flexibility index (Phi) is 6.98. The molecule has 3 aliphatic rings. The topological polar surface area (TPSA) is 105 Å². The van der Waals surface area contributed by atoms with Gasteiger partial charge in [-0.25, -0.2) is 19.3 Å². The molecule has 0 bridgehead atoms. The van der Waals surface area contributed by atoms with Crippen LogP contribution in [0.2, 0.25) is 0 Å². The van der Waals surface area contributed by atoms with Crippen LogP contribution in [0.25, 0.3) is 16.8 Å². The molecule has 1 amide bonds. The number of anilines is 3. The number of fused-ring (bicyclic) bond motifs is 1. The lowest BCUT2D eigenvalue weighted by Gasteiger charge is -2.28. The number of piperidine rings is 1. The fourth-order valence-electron chi connectivity index (χ4n) is 6.67. The molecule has 1 saturated carbocycles. The zero-order valence-electron chi connectivity index (χ0n) is 24.3. The number of aromatic nitrogens is 4. The Balaban J connectivity index is 1.18. The number of hydrogen-bond donors (Lipinski definition) is 2. The highest BCUT2D eigenvalue weighted by Crippen LogP contribution is 2.58. The van der Waals surface area contributed by atoms with Crippen LogP contribution < -0.4 is 16.0 Å². The van der Waals surface area contributed by atoms with E-state index in [0.29, 0.717) is 29.0 Å². The van der Waals surface area contributed by atoms with Crippen molar-refractivity contribution in [2.45, 2.75) is 51.5 Å². The summed E-state index contributed by atoms with van der Waals surface area (Å²) in [5.74, 6) is 6.75. The first kappa shape index (κ1) is 27.3. The van der Waals surface area contributed by atoms with Crippen molar-refractivity contribution in [2.24, 2.45) is 5.41 Å². The lowest BCUT2D eigenvalue weighted by Crippen LogP contribution is -2.29. The van der Waals surface area contributed by atoms with E-state index >= 15 is 4.39 Å². The van der Waals surface area contributed by atoms with Crippen LogP contribution in [0.4, 0.5) is 21.7 Å². The SMILES string of the molecule is CC#CCN1CC2(CC2)C[C@H]1c1nc(-c2ccc(C(=O)Nc3cc(N4CCCCC4)ccn3)cc2F)c2c(N)nccn12. The molecule has 9 nitrogen and oxygen atoms in total. The number of halogens is 1. The lowest BCUT2D eigenvalue weighted by molar-refractivity contribution is 0.102. The average Bonchev–Trinajstić information content (AvgIpc) is 3.52. The lowest BCUT2D eigenvalue weighted by atomic mass is 10.0. The van der Waals surface area contributed by atoms with Crippen LogP contribution in [0, 0.1) is 23.1 Å². The van der Waals surface area contributed by atoms with Gasteiger partial charge in [-0.2, -0.15) is 0 Å². The van der Waals surface area contributed by atoms with Crippen LogP contribution in [0.3, 0.4) is 0 Å². The molecule has 3 N–H and O–H groups in total. The summed E-state index contributed by atoms with van der Waals surface area (Å²) in [6, 6.07) is 8.30. The van der Waals surface area contributed by atoms with E-state index < -0.39 is 11.7 Å². The predicted octanol–water partition coefficient (Wildman–Crippen LogP) is 5.31. The van der Waals surface area contributed by atoms with Gasteiger partial charge in [0.25, 0.3) is 5.91 Å². The maximum atomic E-state index is 15.8. The zero-order chi connectivity index (χ0) is 29.6.